The van der Waals surface area contributed by atoms with Gasteiger partial charge in [0, 0.05) is 17.8 Å². The Morgan fingerprint density at radius 2 is 1.86 bits per heavy atom. The van der Waals surface area contributed by atoms with E-state index in [-0.39, 0.29) is 11.7 Å². The second-order valence-corrected chi connectivity index (χ2v) is 5.20. The van der Waals surface area contributed by atoms with Gasteiger partial charge in [0.05, 0.1) is 6.10 Å². The molecule has 112 valence electrons. The van der Waals surface area contributed by atoms with E-state index >= 15 is 0 Å². The molecule has 0 aliphatic heterocycles. The zero-order chi connectivity index (χ0) is 15.2. The van der Waals surface area contributed by atoms with Crippen LogP contribution < -0.4 is 15.6 Å². The Morgan fingerprint density at radius 1 is 1.14 bits per heavy atom. The third kappa shape index (κ3) is 4.20. The molecule has 0 atom stereocenters. The van der Waals surface area contributed by atoms with Crippen molar-refractivity contribution in [1.82, 2.24) is 10.3 Å². The number of hydrogen-bond donors (Lipinski definition) is 2. The molecule has 2 N–H and O–H groups in total. The molecule has 1 heterocycles. The average Bonchev–Trinajstić information content (AvgIpc) is 2.46. The summed E-state index contributed by atoms with van der Waals surface area (Å²) in [5.74, 6) is 0.833. The van der Waals surface area contributed by atoms with E-state index in [0.29, 0.717) is 6.54 Å². The fraction of sp³-hybridized carbons (Fsp3) is 0.353. The summed E-state index contributed by atoms with van der Waals surface area (Å²) in [6.07, 6.45) is 0.154. The lowest BCUT2D eigenvalue weighted by atomic mass is 10.1. The van der Waals surface area contributed by atoms with Crippen LogP contribution in [0.25, 0.3) is 11.3 Å². The highest BCUT2D eigenvalue weighted by atomic mass is 16.5. The Bertz CT molecular complexity index is 630. The number of aromatic nitrogens is 1. The number of rotatable bonds is 6. The molecule has 0 bridgehead atoms. The van der Waals surface area contributed by atoms with Gasteiger partial charge in [0.15, 0.2) is 0 Å². The Labute approximate surface area is 125 Å². The van der Waals surface area contributed by atoms with Crippen LogP contribution in [-0.2, 0) is 6.54 Å². The van der Waals surface area contributed by atoms with Crippen LogP contribution in [0.1, 0.15) is 26.3 Å². The van der Waals surface area contributed by atoms with Gasteiger partial charge in [0.2, 0.25) is 0 Å². The largest absolute Gasteiger partial charge is 0.491 e. The normalized spacial score (nSPS) is 10.9. The van der Waals surface area contributed by atoms with E-state index in [1.165, 1.54) is 0 Å². The fourth-order valence-electron chi connectivity index (χ4n) is 2.06. The van der Waals surface area contributed by atoms with Crippen molar-refractivity contribution < 1.29 is 4.74 Å². The zero-order valence-corrected chi connectivity index (χ0v) is 12.8. The first kappa shape index (κ1) is 15.3. The summed E-state index contributed by atoms with van der Waals surface area (Å²) < 4.78 is 5.61. The lowest BCUT2D eigenvalue weighted by Gasteiger charge is -2.10. The summed E-state index contributed by atoms with van der Waals surface area (Å²) in [6, 6.07) is 11.5. The molecule has 1 aromatic carbocycles. The first-order valence-corrected chi connectivity index (χ1v) is 7.30. The van der Waals surface area contributed by atoms with E-state index in [2.05, 4.69) is 10.3 Å². The molecule has 0 amide bonds. The smallest absolute Gasteiger partial charge is 0.252 e. The minimum atomic E-state index is -0.0454. The van der Waals surface area contributed by atoms with E-state index in [1.54, 1.807) is 0 Å². The molecule has 0 fully saturated rings. The van der Waals surface area contributed by atoms with E-state index in [9.17, 15) is 4.79 Å². The number of H-pyrrole nitrogens is 1. The zero-order valence-electron chi connectivity index (χ0n) is 12.8. The molecular formula is C17H22N2O2. The SMILES string of the molecule is CCNCc1ccc(-c2ccc(OC(C)C)cc2)[nH]c1=O. The maximum atomic E-state index is 12.0. The van der Waals surface area contributed by atoms with Crippen molar-refractivity contribution in [3.63, 3.8) is 0 Å². The number of nitrogens with one attached hydrogen (secondary N) is 2. The minimum Gasteiger partial charge on any atom is -0.491 e. The quantitative estimate of drug-likeness (QED) is 0.858. The summed E-state index contributed by atoms with van der Waals surface area (Å²) in [4.78, 5) is 14.9. The molecule has 4 nitrogen and oxygen atoms in total. The fourth-order valence-corrected chi connectivity index (χ4v) is 2.06. The number of benzene rings is 1. The van der Waals surface area contributed by atoms with Gasteiger partial charge >= 0.3 is 0 Å². The minimum absolute atomic E-state index is 0.0454. The highest BCUT2D eigenvalue weighted by Gasteiger charge is 2.04. The van der Waals surface area contributed by atoms with Gasteiger partial charge in [-0.15, -0.1) is 0 Å². The molecular weight excluding hydrogens is 264 g/mol. The number of pyridine rings is 1. The lowest BCUT2D eigenvalue weighted by molar-refractivity contribution is 0.242. The van der Waals surface area contributed by atoms with Crippen molar-refractivity contribution in [2.45, 2.75) is 33.4 Å². The molecule has 0 spiro atoms. The van der Waals surface area contributed by atoms with Gasteiger partial charge in [0.25, 0.3) is 5.56 Å². The van der Waals surface area contributed by atoms with Crippen LogP contribution in [-0.4, -0.2) is 17.6 Å². The van der Waals surface area contributed by atoms with Crippen LogP contribution in [0.3, 0.4) is 0 Å². The summed E-state index contributed by atoms with van der Waals surface area (Å²) >= 11 is 0. The summed E-state index contributed by atoms with van der Waals surface area (Å²) in [5.41, 5.74) is 2.49. The maximum Gasteiger partial charge on any atom is 0.252 e. The molecule has 2 aromatic rings. The predicted molar refractivity (Wildman–Crippen MR) is 85.6 cm³/mol. The average molecular weight is 286 g/mol. The predicted octanol–water partition coefficient (Wildman–Crippen LogP) is 2.94. The van der Waals surface area contributed by atoms with Crippen molar-refractivity contribution >= 4 is 0 Å². The molecule has 2 rings (SSSR count). The van der Waals surface area contributed by atoms with Crippen molar-refractivity contribution in [1.29, 1.82) is 0 Å². The van der Waals surface area contributed by atoms with Crippen molar-refractivity contribution in [2.75, 3.05) is 6.54 Å². The van der Waals surface area contributed by atoms with E-state index < -0.39 is 0 Å². The van der Waals surface area contributed by atoms with Crippen molar-refractivity contribution in [3.05, 3.63) is 52.3 Å². The van der Waals surface area contributed by atoms with Gasteiger partial charge in [-0.1, -0.05) is 13.0 Å². The van der Waals surface area contributed by atoms with Crippen LogP contribution >= 0.6 is 0 Å². The van der Waals surface area contributed by atoms with Gasteiger partial charge in [-0.05, 0) is 56.3 Å². The highest BCUT2D eigenvalue weighted by Crippen LogP contribution is 2.20. The molecule has 21 heavy (non-hydrogen) atoms. The molecule has 4 heteroatoms. The van der Waals surface area contributed by atoms with Crippen LogP contribution in [0.4, 0.5) is 0 Å². The molecule has 0 saturated carbocycles. The number of ether oxygens (including phenoxy) is 1. The number of hydrogen-bond acceptors (Lipinski definition) is 3. The first-order valence-electron chi connectivity index (χ1n) is 7.30. The molecule has 0 aliphatic rings. The van der Waals surface area contributed by atoms with E-state index in [0.717, 1.165) is 29.1 Å². The Balaban J connectivity index is 2.18. The summed E-state index contributed by atoms with van der Waals surface area (Å²) in [5, 5.41) is 3.15. The van der Waals surface area contributed by atoms with E-state index in [4.69, 9.17) is 4.74 Å². The molecule has 1 aromatic heterocycles. The monoisotopic (exact) mass is 286 g/mol. The van der Waals surface area contributed by atoms with Crippen LogP contribution in [0.2, 0.25) is 0 Å². The maximum absolute atomic E-state index is 12.0. The van der Waals surface area contributed by atoms with Gasteiger partial charge < -0.3 is 15.0 Å². The van der Waals surface area contributed by atoms with Gasteiger partial charge in [-0.25, -0.2) is 0 Å². The van der Waals surface area contributed by atoms with Crippen LogP contribution in [0, 0.1) is 0 Å². The van der Waals surface area contributed by atoms with Gasteiger partial charge in [-0.3, -0.25) is 4.79 Å². The topological polar surface area (TPSA) is 54.1 Å². The summed E-state index contributed by atoms with van der Waals surface area (Å²) in [7, 11) is 0. The van der Waals surface area contributed by atoms with E-state index in [1.807, 2.05) is 57.2 Å². The standard InChI is InChI=1S/C17H22N2O2/c1-4-18-11-14-7-10-16(19-17(14)20)13-5-8-15(9-6-13)21-12(2)3/h5-10,12,18H,4,11H2,1-3H3,(H,19,20). The van der Waals surface area contributed by atoms with Crippen LogP contribution in [0.5, 0.6) is 5.75 Å². The Kier molecular flexibility index (Phi) is 5.17. The van der Waals surface area contributed by atoms with Gasteiger partial charge in [-0.2, -0.15) is 0 Å². The third-order valence-corrected chi connectivity index (χ3v) is 3.09. The second kappa shape index (κ2) is 7.09. The molecule has 0 radical (unpaired) electrons. The molecule has 0 aliphatic carbocycles. The second-order valence-electron chi connectivity index (χ2n) is 5.20. The number of aromatic amines is 1. The lowest BCUT2D eigenvalue weighted by Crippen LogP contribution is -2.20. The first-order chi connectivity index (χ1) is 10.1. The summed E-state index contributed by atoms with van der Waals surface area (Å²) in [6.45, 7) is 7.44. The van der Waals surface area contributed by atoms with Gasteiger partial charge in [0.1, 0.15) is 5.75 Å². The highest BCUT2D eigenvalue weighted by molar-refractivity contribution is 5.60. The van der Waals surface area contributed by atoms with Crippen LogP contribution in [0.15, 0.2) is 41.2 Å². The third-order valence-electron chi connectivity index (χ3n) is 3.09. The molecule has 0 unspecified atom stereocenters. The van der Waals surface area contributed by atoms with Crippen molar-refractivity contribution in [3.8, 4) is 17.0 Å². The Hall–Kier alpha value is -2.07. The Morgan fingerprint density at radius 3 is 2.43 bits per heavy atom. The van der Waals surface area contributed by atoms with Crippen molar-refractivity contribution in [2.24, 2.45) is 0 Å². The molecule has 0 saturated heterocycles.